The first-order valence-electron chi connectivity index (χ1n) is 6.18. The smallest absolute Gasteiger partial charge is 0.108 e. The van der Waals surface area contributed by atoms with Crippen molar-refractivity contribution in [3.63, 3.8) is 0 Å². The Morgan fingerprint density at radius 2 is 2.19 bits per heavy atom. The molecule has 1 aromatic rings. The quantitative estimate of drug-likeness (QED) is 0.847. The Morgan fingerprint density at radius 1 is 1.44 bits per heavy atom. The standard InChI is InChI=1S/C13H21NOS/c1-13(15,12-8-5-9-16-12)10-14-11-6-3-2-4-7-11/h5,8-9,11,14-15H,2-4,6-7,10H2,1H3. The number of hydrogen-bond acceptors (Lipinski definition) is 3. The first-order valence-corrected chi connectivity index (χ1v) is 7.06. The molecule has 0 aromatic carbocycles. The second-order valence-electron chi connectivity index (χ2n) is 4.97. The maximum atomic E-state index is 10.4. The van der Waals surface area contributed by atoms with Crippen molar-refractivity contribution in [3.05, 3.63) is 22.4 Å². The molecule has 1 fully saturated rings. The van der Waals surface area contributed by atoms with Crippen molar-refractivity contribution in [1.82, 2.24) is 5.32 Å². The topological polar surface area (TPSA) is 32.3 Å². The van der Waals surface area contributed by atoms with E-state index in [-0.39, 0.29) is 0 Å². The van der Waals surface area contributed by atoms with Gasteiger partial charge >= 0.3 is 0 Å². The van der Waals surface area contributed by atoms with Crippen LogP contribution in [-0.2, 0) is 5.60 Å². The molecule has 0 saturated heterocycles. The summed E-state index contributed by atoms with van der Waals surface area (Å²) < 4.78 is 0. The Morgan fingerprint density at radius 3 is 2.81 bits per heavy atom. The highest BCUT2D eigenvalue weighted by atomic mass is 32.1. The predicted octanol–water partition coefficient (Wildman–Crippen LogP) is 2.88. The lowest BCUT2D eigenvalue weighted by Crippen LogP contribution is -2.41. The van der Waals surface area contributed by atoms with Crippen LogP contribution in [0.4, 0.5) is 0 Å². The highest BCUT2D eigenvalue weighted by Gasteiger charge is 2.25. The van der Waals surface area contributed by atoms with Gasteiger partial charge < -0.3 is 10.4 Å². The summed E-state index contributed by atoms with van der Waals surface area (Å²) in [6.45, 7) is 2.56. The molecule has 0 spiro atoms. The molecule has 0 radical (unpaired) electrons. The average molecular weight is 239 g/mol. The van der Waals surface area contributed by atoms with Gasteiger partial charge in [0.05, 0.1) is 0 Å². The first-order chi connectivity index (χ1) is 7.68. The lowest BCUT2D eigenvalue weighted by Gasteiger charge is -2.28. The minimum absolute atomic E-state index is 0.611. The first kappa shape index (κ1) is 12.1. The summed E-state index contributed by atoms with van der Waals surface area (Å²) in [5.41, 5.74) is -0.717. The number of aliphatic hydroxyl groups is 1. The van der Waals surface area contributed by atoms with Crippen LogP contribution in [0.1, 0.15) is 43.9 Å². The number of thiophene rings is 1. The number of hydrogen-bond donors (Lipinski definition) is 2. The molecule has 0 amide bonds. The van der Waals surface area contributed by atoms with Crippen LogP contribution in [0.2, 0.25) is 0 Å². The van der Waals surface area contributed by atoms with E-state index in [4.69, 9.17) is 0 Å². The van der Waals surface area contributed by atoms with Crippen molar-refractivity contribution in [1.29, 1.82) is 0 Å². The van der Waals surface area contributed by atoms with E-state index in [1.807, 2.05) is 24.4 Å². The minimum Gasteiger partial charge on any atom is -0.383 e. The molecule has 1 saturated carbocycles. The summed E-state index contributed by atoms with van der Waals surface area (Å²) in [4.78, 5) is 1.05. The van der Waals surface area contributed by atoms with Crippen LogP contribution in [0.5, 0.6) is 0 Å². The largest absolute Gasteiger partial charge is 0.383 e. The summed E-state index contributed by atoms with van der Waals surface area (Å²) >= 11 is 1.63. The van der Waals surface area contributed by atoms with E-state index in [1.54, 1.807) is 11.3 Å². The molecule has 2 N–H and O–H groups in total. The van der Waals surface area contributed by atoms with Crippen molar-refractivity contribution < 1.29 is 5.11 Å². The van der Waals surface area contributed by atoms with E-state index in [9.17, 15) is 5.11 Å². The fourth-order valence-electron chi connectivity index (χ4n) is 2.32. The predicted molar refractivity (Wildman–Crippen MR) is 68.8 cm³/mol. The van der Waals surface area contributed by atoms with E-state index in [0.717, 1.165) is 4.88 Å². The van der Waals surface area contributed by atoms with Gasteiger partial charge in [-0.1, -0.05) is 25.3 Å². The molecule has 0 bridgehead atoms. The average Bonchev–Trinajstić information content (AvgIpc) is 2.82. The fourth-order valence-corrected chi connectivity index (χ4v) is 3.11. The van der Waals surface area contributed by atoms with Gasteiger partial charge in [-0.15, -0.1) is 11.3 Å². The van der Waals surface area contributed by atoms with Gasteiger partial charge in [-0.25, -0.2) is 0 Å². The molecule has 1 aliphatic rings. The van der Waals surface area contributed by atoms with Crippen LogP contribution in [0.3, 0.4) is 0 Å². The van der Waals surface area contributed by atoms with E-state index >= 15 is 0 Å². The molecule has 1 aliphatic carbocycles. The molecule has 1 heterocycles. The molecular formula is C13H21NOS. The molecule has 2 rings (SSSR count). The van der Waals surface area contributed by atoms with E-state index < -0.39 is 5.60 Å². The van der Waals surface area contributed by atoms with Crippen molar-refractivity contribution in [3.8, 4) is 0 Å². The third-order valence-corrected chi connectivity index (χ3v) is 4.52. The highest BCUT2D eigenvalue weighted by molar-refractivity contribution is 7.10. The van der Waals surface area contributed by atoms with Gasteiger partial charge in [0.25, 0.3) is 0 Å². The molecule has 1 unspecified atom stereocenters. The van der Waals surface area contributed by atoms with Crippen LogP contribution in [-0.4, -0.2) is 17.7 Å². The Hall–Kier alpha value is -0.380. The van der Waals surface area contributed by atoms with Gasteiger partial charge in [0.15, 0.2) is 0 Å². The molecule has 0 aliphatic heterocycles. The van der Waals surface area contributed by atoms with E-state index in [0.29, 0.717) is 12.6 Å². The Labute approximate surface area is 102 Å². The minimum atomic E-state index is -0.717. The molecule has 1 atom stereocenters. The molecule has 90 valence electrons. The summed E-state index contributed by atoms with van der Waals surface area (Å²) in [7, 11) is 0. The van der Waals surface area contributed by atoms with Gasteiger partial charge in [-0.2, -0.15) is 0 Å². The lowest BCUT2D eigenvalue weighted by molar-refractivity contribution is 0.0559. The molecular weight excluding hydrogens is 218 g/mol. The maximum Gasteiger partial charge on any atom is 0.108 e. The van der Waals surface area contributed by atoms with E-state index in [1.165, 1.54) is 32.1 Å². The van der Waals surface area contributed by atoms with Gasteiger partial charge in [0, 0.05) is 17.5 Å². The lowest BCUT2D eigenvalue weighted by atomic mass is 9.94. The third-order valence-electron chi connectivity index (χ3n) is 3.39. The summed E-state index contributed by atoms with van der Waals surface area (Å²) in [6.07, 6.45) is 6.57. The molecule has 3 heteroatoms. The second kappa shape index (κ2) is 5.30. The Bertz CT molecular complexity index is 302. The maximum absolute atomic E-state index is 10.4. The fraction of sp³-hybridized carbons (Fsp3) is 0.692. The summed E-state index contributed by atoms with van der Waals surface area (Å²) in [5, 5.41) is 15.9. The number of nitrogens with one attached hydrogen (secondary N) is 1. The summed E-state index contributed by atoms with van der Waals surface area (Å²) in [5.74, 6) is 0. The SMILES string of the molecule is CC(O)(CNC1CCCCC1)c1cccs1. The third kappa shape index (κ3) is 3.06. The van der Waals surface area contributed by atoms with Gasteiger partial charge in [0.2, 0.25) is 0 Å². The zero-order chi connectivity index (χ0) is 11.4. The van der Waals surface area contributed by atoms with Crippen LogP contribution in [0.15, 0.2) is 17.5 Å². The van der Waals surface area contributed by atoms with Gasteiger partial charge in [0.1, 0.15) is 5.60 Å². The van der Waals surface area contributed by atoms with Crippen molar-refractivity contribution in [2.24, 2.45) is 0 Å². The van der Waals surface area contributed by atoms with Crippen LogP contribution in [0.25, 0.3) is 0 Å². The normalized spacial score (nSPS) is 21.9. The van der Waals surface area contributed by atoms with Crippen molar-refractivity contribution in [2.75, 3.05) is 6.54 Å². The highest BCUT2D eigenvalue weighted by Crippen LogP contribution is 2.25. The van der Waals surface area contributed by atoms with Crippen molar-refractivity contribution in [2.45, 2.75) is 50.7 Å². The zero-order valence-electron chi connectivity index (χ0n) is 9.91. The Balaban J connectivity index is 1.84. The summed E-state index contributed by atoms with van der Waals surface area (Å²) in [6, 6.07) is 4.61. The molecule has 1 aromatic heterocycles. The van der Waals surface area contributed by atoms with Crippen LogP contribution in [0, 0.1) is 0 Å². The van der Waals surface area contributed by atoms with E-state index in [2.05, 4.69) is 5.32 Å². The van der Waals surface area contributed by atoms with Crippen molar-refractivity contribution >= 4 is 11.3 Å². The van der Waals surface area contributed by atoms with Crippen LogP contribution < -0.4 is 5.32 Å². The molecule has 16 heavy (non-hydrogen) atoms. The Kier molecular flexibility index (Phi) is 4.00. The van der Waals surface area contributed by atoms with Crippen LogP contribution >= 0.6 is 11.3 Å². The van der Waals surface area contributed by atoms with Gasteiger partial charge in [-0.05, 0) is 31.2 Å². The second-order valence-corrected chi connectivity index (χ2v) is 5.91. The zero-order valence-corrected chi connectivity index (χ0v) is 10.7. The number of rotatable bonds is 4. The monoisotopic (exact) mass is 239 g/mol. The van der Waals surface area contributed by atoms with Gasteiger partial charge in [-0.3, -0.25) is 0 Å². The molecule has 2 nitrogen and oxygen atoms in total.